The van der Waals surface area contributed by atoms with Crippen LogP contribution in [0.25, 0.3) is 0 Å². The molecule has 2 saturated heterocycles. The highest BCUT2D eigenvalue weighted by Crippen LogP contribution is 2.17. The number of likely N-dealkylation sites (tertiary alicyclic amines) is 1. The molecule has 0 amide bonds. The highest BCUT2D eigenvalue weighted by molar-refractivity contribution is 5.80. The maximum Gasteiger partial charge on any atom is 0.193 e. The Morgan fingerprint density at radius 3 is 2.78 bits per heavy atom. The van der Waals surface area contributed by atoms with Gasteiger partial charge in [-0.1, -0.05) is 0 Å². The van der Waals surface area contributed by atoms with E-state index in [0.717, 1.165) is 84.5 Å². The van der Waals surface area contributed by atoms with Crippen molar-refractivity contribution in [2.45, 2.75) is 39.2 Å². The Labute approximate surface area is 141 Å². The van der Waals surface area contributed by atoms with Crippen molar-refractivity contribution < 1.29 is 9.47 Å². The van der Waals surface area contributed by atoms with Crippen LogP contribution < -0.4 is 5.32 Å². The third-order valence-corrected chi connectivity index (χ3v) is 4.52. The number of rotatable bonds is 8. The zero-order valence-corrected chi connectivity index (χ0v) is 14.9. The molecule has 2 heterocycles. The van der Waals surface area contributed by atoms with Crippen molar-refractivity contribution in [1.29, 1.82) is 0 Å². The van der Waals surface area contributed by atoms with Crippen LogP contribution in [0.15, 0.2) is 4.99 Å². The average Bonchev–Trinajstić information content (AvgIpc) is 3.08. The molecule has 0 spiro atoms. The summed E-state index contributed by atoms with van der Waals surface area (Å²) < 4.78 is 10.8. The van der Waals surface area contributed by atoms with Crippen LogP contribution in [0.4, 0.5) is 0 Å². The second-order valence-corrected chi connectivity index (χ2v) is 6.18. The molecule has 134 valence electrons. The summed E-state index contributed by atoms with van der Waals surface area (Å²) in [5.41, 5.74) is 0. The molecule has 2 rings (SSSR count). The summed E-state index contributed by atoms with van der Waals surface area (Å²) in [6.45, 7) is 13.7. The molecule has 0 aromatic carbocycles. The summed E-state index contributed by atoms with van der Waals surface area (Å²) >= 11 is 0. The highest BCUT2D eigenvalue weighted by Gasteiger charge is 2.30. The molecule has 2 aliphatic rings. The van der Waals surface area contributed by atoms with Crippen LogP contribution in [-0.2, 0) is 9.47 Å². The first kappa shape index (κ1) is 18.5. The predicted octanol–water partition coefficient (Wildman–Crippen LogP) is 1.18. The van der Waals surface area contributed by atoms with Gasteiger partial charge in [0.05, 0.1) is 13.2 Å². The van der Waals surface area contributed by atoms with E-state index < -0.39 is 0 Å². The first-order valence-corrected chi connectivity index (χ1v) is 9.28. The van der Waals surface area contributed by atoms with E-state index in [2.05, 4.69) is 22.0 Å². The van der Waals surface area contributed by atoms with E-state index in [1.165, 1.54) is 6.42 Å². The lowest BCUT2D eigenvalue weighted by Crippen LogP contribution is -2.46. The molecule has 0 bridgehead atoms. The van der Waals surface area contributed by atoms with Crippen LogP contribution in [-0.4, -0.2) is 87.5 Å². The summed E-state index contributed by atoms with van der Waals surface area (Å²) in [6, 6.07) is 0.653. The van der Waals surface area contributed by atoms with Gasteiger partial charge in [0, 0.05) is 58.5 Å². The van der Waals surface area contributed by atoms with Gasteiger partial charge in [-0.25, -0.2) is 0 Å². The second kappa shape index (κ2) is 10.8. The van der Waals surface area contributed by atoms with E-state index in [9.17, 15) is 0 Å². The molecule has 1 N–H and O–H groups in total. The van der Waals surface area contributed by atoms with E-state index in [0.29, 0.717) is 6.04 Å². The molecule has 1 unspecified atom stereocenters. The van der Waals surface area contributed by atoms with Gasteiger partial charge in [0.2, 0.25) is 0 Å². The summed E-state index contributed by atoms with van der Waals surface area (Å²) in [6.07, 6.45) is 3.41. The number of ether oxygens (including phenoxy) is 2. The molecule has 6 heteroatoms. The minimum absolute atomic E-state index is 0.653. The smallest absolute Gasteiger partial charge is 0.193 e. The van der Waals surface area contributed by atoms with Crippen LogP contribution in [0.1, 0.15) is 33.1 Å². The first-order valence-electron chi connectivity index (χ1n) is 9.28. The fraction of sp³-hybridized carbons (Fsp3) is 0.941. The van der Waals surface area contributed by atoms with Gasteiger partial charge in [-0.2, -0.15) is 0 Å². The summed E-state index contributed by atoms with van der Waals surface area (Å²) in [7, 11) is 0. The van der Waals surface area contributed by atoms with Crippen LogP contribution in [0.3, 0.4) is 0 Å². The number of morpholine rings is 1. The topological polar surface area (TPSA) is 49.3 Å². The van der Waals surface area contributed by atoms with Gasteiger partial charge in [-0.15, -0.1) is 0 Å². The quantitative estimate of drug-likeness (QED) is 0.412. The third-order valence-electron chi connectivity index (χ3n) is 4.52. The van der Waals surface area contributed by atoms with Crippen molar-refractivity contribution in [2.24, 2.45) is 4.99 Å². The monoisotopic (exact) mass is 326 g/mol. The molecule has 0 aliphatic carbocycles. The lowest BCUT2D eigenvalue weighted by atomic mass is 10.2. The Kier molecular flexibility index (Phi) is 8.71. The Morgan fingerprint density at radius 1 is 1.22 bits per heavy atom. The van der Waals surface area contributed by atoms with Gasteiger partial charge in [0.1, 0.15) is 0 Å². The van der Waals surface area contributed by atoms with Gasteiger partial charge in [-0.05, 0) is 33.1 Å². The molecular formula is C17H34N4O2. The number of unbranched alkanes of at least 4 members (excludes halogenated alkanes) is 1. The molecular weight excluding hydrogens is 292 g/mol. The fourth-order valence-electron chi connectivity index (χ4n) is 3.25. The molecule has 0 aromatic rings. The standard InChI is InChI=1S/C17H34N4O2/c1-3-18-17(19-8-5-6-12-22-4-2)21-9-7-16(15-21)20-10-13-23-14-11-20/h16H,3-15H2,1-2H3,(H,18,19). The maximum atomic E-state index is 5.46. The number of aliphatic imine (C=N–C) groups is 1. The van der Waals surface area contributed by atoms with Gasteiger partial charge < -0.3 is 19.7 Å². The van der Waals surface area contributed by atoms with E-state index in [1.54, 1.807) is 0 Å². The van der Waals surface area contributed by atoms with Gasteiger partial charge >= 0.3 is 0 Å². The van der Waals surface area contributed by atoms with Crippen LogP contribution in [0.2, 0.25) is 0 Å². The Balaban J connectivity index is 1.76. The zero-order chi connectivity index (χ0) is 16.3. The number of hydrogen-bond acceptors (Lipinski definition) is 4. The van der Waals surface area contributed by atoms with Crippen molar-refractivity contribution in [3.05, 3.63) is 0 Å². The minimum Gasteiger partial charge on any atom is -0.382 e. The molecule has 0 radical (unpaired) electrons. The van der Waals surface area contributed by atoms with Gasteiger partial charge in [0.25, 0.3) is 0 Å². The molecule has 0 aromatic heterocycles. The van der Waals surface area contributed by atoms with Crippen molar-refractivity contribution >= 4 is 5.96 Å². The second-order valence-electron chi connectivity index (χ2n) is 6.18. The van der Waals surface area contributed by atoms with Crippen LogP contribution >= 0.6 is 0 Å². The minimum atomic E-state index is 0.653. The number of nitrogens with zero attached hydrogens (tertiary/aromatic N) is 3. The van der Waals surface area contributed by atoms with Gasteiger partial charge in [0.15, 0.2) is 5.96 Å². The molecule has 1 atom stereocenters. The van der Waals surface area contributed by atoms with Crippen LogP contribution in [0, 0.1) is 0 Å². The molecule has 0 saturated carbocycles. The van der Waals surface area contributed by atoms with E-state index in [1.807, 2.05) is 6.92 Å². The number of guanidine groups is 1. The summed E-state index contributed by atoms with van der Waals surface area (Å²) in [5.74, 6) is 1.08. The van der Waals surface area contributed by atoms with Crippen LogP contribution in [0.5, 0.6) is 0 Å². The van der Waals surface area contributed by atoms with Crippen molar-refractivity contribution in [3.63, 3.8) is 0 Å². The van der Waals surface area contributed by atoms with E-state index in [-0.39, 0.29) is 0 Å². The SMILES string of the molecule is CCNC(=NCCCCOCC)N1CCC(N2CCOCC2)C1. The largest absolute Gasteiger partial charge is 0.382 e. The Bertz CT molecular complexity index is 345. The zero-order valence-electron chi connectivity index (χ0n) is 14.9. The Hall–Kier alpha value is -0.850. The van der Waals surface area contributed by atoms with Crippen molar-refractivity contribution in [1.82, 2.24) is 15.1 Å². The third kappa shape index (κ3) is 6.28. The molecule has 6 nitrogen and oxygen atoms in total. The number of nitrogens with one attached hydrogen (secondary N) is 1. The number of hydrogen-bond donors (Lipinski definition) is 1. The summed E-state index contributed by atoms with van der Waals surface area (Å²) in [5, 5.41) is 3.45. The average molecular weight is 326 g/mol. The highest BCUT2D eigenvalue weighted by atomic mass is 16.5. The lowest BCUT2D eigenvalue weighted by molar-refractivity contribution is 0.0195. The normalized spacial score (nSPS) is 23.5. The molecule has 23 heavy (non-hydrogen) atoms. The van der Waals surface area contributed by atoms with E-state index in [4.69, 9.17) is 14.5 Å². The first-order chi connectivity index (χ1) is 11.3. The van der Waals surface area contributed by atoms with E-state index >= 15 is 0 Å². The predicted molar refractivity (Wildman–Crippen MR) is 94.1 cm³/mol. The van der Waals surface area contributed by atoms with Crippen molar-refractivity contribution in [3.8, 4) is 0 Å². The Morgan fingerprint density at radius 2 is 2.04 bits per heavy atom. The van der Waals surface area contributed by atoms with Crippen molar-refractivity contribution in [2.75, 3.05) is 65.7 Å². The maximum absolute atomic E-state index is 5.46. The lowest BCUT2D eigenvalue weighted by Gasteiger charge is -2.32. The van der Waals surface area contributed by atoms with Gasteiger partial charge in [-0.3, -0.25) is 9.89 Å². The molecule has 2 aliphatic heterocycles. The molecule has 2 fully saturated rings. The fourth-order valence-corrected chi connectivity index (χ4v) is 3.25. The summed E-state index contributed by atoms with van der Waals surface area (Å²) in [4.78, 5) is 9.81.